The van der Waals surface area contributed by atoms with Gasteiger partial charge in [0.1, 0.15) is 5.75 Å². The molecule has 0 fully saturated rings. The second kappa shape index (κ2) is 7.88. The number of rotatable bonds is 5. The average Bonchev–Trinajstić information content (AvgIpc) is 3.18. The molecule has 4 rings (SSSR count). The number of ether oxygens (including phenoxy) is 1. The minimum atomic E-state index is -4.59. The number of aromatic amines is 1. The molecule has 0 radical (unpaired) electrons. The van der Waals surface area contributed by atoms with Crippen molar-refractivity contribution in [1.82, 2.24) is 9.97 Å². The van der Waals surface area contributed by atoms with Gasteiger partial charge in [-0.2, -0.15) is 22.0 Å². The molecular formula is C23H16BrF5N2O. The molecule has 0 bridgehead atoms. The monoisotopic (exact) mass is 510 g/mol. The molecule has 166 valence electrons. The molecule has 0 spiro atoms. The van der Waals surface area contributed by atoms with Gasteiger partial charge in [-0.15, -0.1) is 0 Å². The predicted molar refractivity (Wildman–Crippen MR) is 114 cm³/mol. The molecule has 1 aromatic heterocycles. The molecule has 3 aromatic carbocycles. The lowest BCUT2D eigenvalue weighted by molar-refractivity contribution is -0.175. The lowest BCUT2D eigenvalue weighted by Crippen LogP contribution is -2.46. The first kappa shape index (κ1) is 22.3. The van der Waals surface area contributed by atoms with Crippen LogP contribution in [0, 0.1) is 0 Å². The fraction of sp³-hybridized carbons (Fsp3) is 0.174. The first-order valence-corrected chi connectivity index (χ1v) is 10.3. The van der Waals surface area contributed by atoms with E-state index in [-0.39, 0.29) is 11.3 Å². The van der Waals surface area contributed by atoms with Crippen molar-refractivity contribution in [3.05, 3.63) is 94.2 Å². The predicted octanol–water partition coefficient (Wildman–Crippen LogP) is 7.43. The summed E-state index contributed by atoms with van der Waals surface area (Å²) in [4.78, 5) is 6.65. The van der Waals surface area contributed by atoms with Crippen LogP contribution in [0.15, 0.2) is 77.3 Å². The molecular weight excluding hydrogens is 495 g/mol. The molecule has 0 saturated carbocycles. The summed E-state index contributed by atoms with van der Waals surface area (Å²) in [6.45, 7) is 1.13. The van der Waals surface area contributed by atoms with E-state index in [1.807, 2.05) is 0 Å². The highest BCUT2D eigenvalue weighted by Gasteiger charge is 2.57. The van der Waals surface area contributed by atoms with E-state index >= 15 is 8.78 Å². The third-order valence-corrected chi connectivity index (χ3v) is 5.66. The number of H-pyrrole nitrogens is 1. The van der Waals surface area contributed by atoms with Gasteiger partial charge in [-0.25, -0.2) is 4.98 Å². The number of fused-ring (bicyclic) bond motifs is 1. The molecule has 1 atom stereocenters. The normalized spacial score (nSPS) is 14.3. The lowest BCUT2D eigenvalue weighted by Gasteiger charge is -2.37. The molecule has 32 heavy (non-hydrogen) atoms. The van der Waals surface area contributed by atoms with Gasteiger partial charge in [0, 0.05) is 10.0 Å². The summed E-state index contributed by atoms with van der Waals surface area (Å²) in [6.07, 6.45) is -4.59. The quantitative estimate of drug-likeness (QED) is 0.283. The van der Waals surface area contributed by atoms with Crippen molar-refractivity contribution in [3.63, 3.8) is 0 Å². The average molecular weight is 511 g/mol. The molecule has 0 aliphatic carbocycles. The van der Waals surface area contributed by atoms with Gasteiger partial charge >= 0.3 is 12.1 Å². The molecule has 1 N–H and O–H groups in total. The van der Waals surface area contributed by atoms with E-state index in [1.165, 1.54) is 12.1 Å². The van der Waals surface area contributed by atoms with Crippen molar-refractivity contribution < 1.29 is 26.7 Å². The number of imidazole rings is 1. The maximum absolute atomic E-state index is 16.0. The van der Waals surface area contributed by atoms with Crippen LogP contribution in [-0.2, 0) is 17.7 Å². The Morgan fingerprint density at radius 1 is 0.844 bits per heavy atom. The van der Waals surface area contributed by atoms with E-state index < -0.39 is 29.1 Å². The van der Waals surface area contributed by atoms with Gasteiger partial charge in [0.2, 0.25) is 5.60 Å². The molecule has 4 aromatic rings. The summed E-state index contributed by atoms with van der Waals surface area (Å²) in [6, 6.07) is 16.3. The Morgan fingerprint density at radius 2 is 1.47 bits per heavy atom. The maximum Gasteiger partial charge on any atom is 0.416 e. The van der Waals surface area contributed by atoms with Crippen LogP contribution in [0.2, 0.25) is 0 Å². The SMILES string of the molecule is CC(Oc1ccccc1)(c1ccc(C(F)(F)F)cc1)C(F)(F)c1nc2ccc(Br)cc2[nH]1. The second-order valence-electron chi connectivity index (χ2n) is 7.34. The van der Waals surface area contributed by atoms with E-state index in [0.29, 0.717) is 15.5 Å². The zero-order valence-electron chi connectivity index (χ0n) is 16.6. The van der Waals surface area contributed by atoms with E-state index in [9.17, 15) is 13.2 Å². The highest BCUT2D eigenvalue weighted by molar-refractivity contribution is 9.10. The Balaban J connectivity index is 1.85. The van der Waals surface area contributed by atoms with E-state index in [2.05, 4.69) is 25.9 Å². The van der Waals surface area contributed by atoms with Crippen molar-refractivity contribution in [2.45, 2.75) is 24.6 Å². The van der Waals surface area contributed by atoms with Crippen LogP contribution in [0.1, 0.15) is 23.9 Å². The van der Waals surface area contributed by atoms with Gasteiger partial charge in [0.25, 0.3) is 0 Å². The van der Waals surface area contributed by atoms with Crippen LogP contribution in [0.25, 0.3) is 11.0 Å². The Labute approximate surface area is 188 Å². The summed E-state index contributed by atoms with van der Waals surface area (Å²) in [5, 5.41) is 0. The highest BCUT2D eigenvalue weighted by Crippen LogP contribution is 2.48. The Bertz CT molecular complexity index is 1240. The highest BCUT2D eigenvalue weighted by atomic mass is 79.9. The lowest BCUT2D eigenvalue weighted by atomic mass is 9.87. The number of hydrogen-bond acceptors (Lipinski definition) is 2. The summed E-state index contributed by atoms with van der Waals surface area (Å²) >= 11 is 3.28. The largest absolute Gasteiger partial charge is 0.476 e. The summed E-state index contributed by atoms with van der Waals surface area (Å²) < 4.78 is 77.5. The maximum atomic E-state index is 16.0. The number of benzene rings is 3. The van der Waals surface area contributed by atoms with Crippen molar-refractivity contribution in [1.29, 1.82) is 0 Å². The van der Waals surface area contributed by atoms with Gasteiger partial charge < -0.3 is 9.72 Å². The fourth-order valence-corrected chi connectivity index (χ4v) is 3.72. The van der Waals surface area contributed by atoms with Gasteiger partial charge in [0.05, 0.1) is 16.6 Å². The van der Waals surface area contributed by atoms with Gasteiger partial charge in [0.15, 0.2) is 5.82 Å². The van der Waals surface area contributed by atoms with Crippen LogP contribution in [0.5, 0.6) is 5.75 Å². The molecule has 0 saturated heterocycles. The number of nitrogens with one attached hydrogen (secondary N) is 1. The van der Waals surface area contributed by atoms with Crippen LogP contribution < -0.4 is 4.74 Å². The van der Waals surface area contributed by atoms with Crippen LogP contribution in [0.4, 0.5) is 22.0 Å². The van der Waals surface area contributed by atoms with E-state index in [1.54, 1.807) is 36.4 Å². The van der Waals surface area contributed by atoms with Gasteiger partial charge in [-0.05, 0) is 49.4 Å². The number of aromatic nitrogens is 2. The zero-order chi connectivity index (χ0) is 23.1. The minimum absolute atomic E-state index is 0.133. The van der Waals surface area contributed by atoms with Crippen molar-refractivity contribution in [3.8, 4) is 5.75 Å². The third kappa shape index (κ3) is 3.97. The summed E-state index contributed by atoms with van der Waals surface area (Å²) in [5.74, 6) is -4.27. The molecule has 3 nitrogen and oxygen atoms in total. The number of nitrogens with zero attached hydrogens (tertiary/aromatic N) is 1. The molecule has 0 aliphatic rings. The van der Waals surface area contributed by atoms with Crippen LogP contribution >= 0.6 is 15.9 Å². The second-order valence-corrected chi connectivity index (χ2v) is 8.26. The van der Waals surface area contributed by atoms with Crippen molar-refractivity contribution >= 4 is 27.0 Å². The third-order valence-electron chi connectivity index (χ3n) is 5.17. The standard InChI is InChI=1S/C23H16BrF5N2O/c1-21(32-17-5-3-2-4-6-17,14-7-9-15(10-8-14)23(27,28)29)22(25,26)20-30-18-12-11-16(24)13-19(18)31-20/h2-13H,1H3,(H,30,31). The molecule has 1 unspecified atom stereocenters. The number of hydrogen-bond donors (Lipinski definition) is 1. The number of halogens is 6. The Hall–Kier alpha value is -2.94. The topological polar surface area (TPSA) is 37.9 Å². The van der Waals surface area contributed by atoms with Gasteiger partial charge in [-0.3, -0.25) is 0 Å². The van der Waals surface area contributed by atoms with Gasteiger partial charge in [-0.1, -0.05) is 46.3 Å². The smallest absolute Gasteiger partial charge is 0.416 e. The fourth-order valence-electron chi connectivity index (χ4n) is 3.36. The zero-order valence-corrected chi connectivity index (χ0v) is 18.1. The molecule has 1 heterocycles. The molecule has 0 aliphatic heterocycles. The number of alkyl halides is 5. The van der Waals surface area contributed by atoms with Crippen LogP contribution in [-0.4, -0.2) is 9.97 Å². The van der Waals surface area contributed by atoms with E-state index in [0.717, 1.165) is 31.2 Å². The molecule has 9 heteroatoms. The Kier molecular flexibility index (Phi) is 5.48. The number of para-hydroxylation sites is 1. The summed E-state index contributed by atoms with van der Waals surface area (Å²) in [7, 11) is 0. The minimum Gasteiger partial charge on any atom is -0.476 e. The van der Waals surface area contributed by atoms with Crippen molar-refractivity contribution in [2.75, 3.05) is 0 Å². The summed E-state index contributed by atoms with van der Waals surface area (Å²) in [5.41, 5.74) is -2.76. The Morgan fingerprint density at radius 3 is 2.09 bits per heavy atom. The molecule has 0 amide bonds. The van der Waals surface area contributed by atoms with Crippen LogP contribution in [0.3, 0.4) is 0 Å². The van der Waals surface area contributed by atoms with E-state index in [4.69, 9.17) is 4.74 Å². The van der Waals surface area contributed by atoms with Crippen molar-refractivity contribution in [2.24, 2.45) is 0 Å². The first-order chi connectivity index (χ1) is 15.0. The first-order valence-electron chi connectivity index (χ1n) is 9.46.